The summed E-state index contributed by atoms with van der Waals surface area (Å²) in [5, 5.41) is 2.29. The fourth-order valence-corrected chi connectivity index (χ4v) is 5.99. The van der Waals surface area contributed by atoms with Crippen molar-refractivity contribution in [3.8, 4) is 0 Å². The molecule has 0 N–H and O–H groups in total. The molecule has 0 spiro atoms. The Labute approximate surface area is 115 Å². The van der Waals surface area contributed by atoms with Gasteiger partial charge < -0.3 is 0 Å². The van der Waals surface area contributed by atoms with Crippen LogP contribution >= 0.6 is 47.0 Å². The van der Waals surface area contributed by atoms with Gasteiger partial charge in [-0.25, -0.2) is 0 Å². The highest BCUT2D eigenvalue weighted by atomic mass is 32.2. The Balaban J connectivity index is 1.80. The number of carbonyl (C=O) groups excluding carboxylic acids is 1. The van der Waals surface area contributed by atoms with Crippen LogP contribution in [0.25, 0.3) is 0 Å². The van der Waals surface area contributed by atoms with Crippen LogP contribution in [0, 0.1) is 0 Å². The van der Waals surface area contributed by atoms with Crippen molar-refractivity contribution in [1.29, 1.82) is 0 Å². The number of carbonyl (C=O) groups is 1. The Morgan fingerprint density at radius 3 is 3.00 bits per heavy atom. The maximum absolute atomic E-state index is 10.9. The Hall–Kier alpha value is 0.810. The summed E-state index contributed by atoms with van der Waals surface area (Å²) < 4.78 is 0. The van der Waals surface area contributed by atoms with Gasteiger partial charge in [-0.1, -0.05) is 18.3 Å². The Morgan fingerprint density at radius 1 is 1.44 bits per heavy atom. The van der Waals surface area contributed by atoms with E-state index in [4.69, 9.17) is 0 Å². The van der Waals surface area contributed by atoms with Gasteiger partial charge in [0.15, 0.2) is 0 Å². The second-order valence-corrected chi connectivity index (χ2v) is 8.41. The van der Waals surface area contributed by atoms with Crippen molar-refractivity contribution in [3.63, 3.8) is 0 Å². The first-order valence-electron chi connectivity index (χ1n) is 5.39. The second kappa shape index (κ2) is 9.80. The van der Waals surface area contributed by atoms with Gasteiger partial charge in [0.2, 0.25) is 5.12 Å². The van der Waals surface area contributed by atoms with Crippen LogP contribution in [0.15, 0.2) is 12.7 Å². The van der Waals surface area contributed by atoms with Gasteiger partial charge in [-0.05, 0) is 24.7 Å². The molecule has 0 aromatic carbocycles. The van der Waals surface area contributed by atoms with E-state index in [9.17, 15) is 4.79 Å². The van der Waals surface area contributed by atoms with E-state index in [-0.39, 0.29) is 5.12 Å². The largest absolute Gasteiger partial charge is 0.282 e. The maximum Gasteiger partial charge on any atom is 0.211 e. The van der Waals surface area contributed by atoms with Crippen molar-refractivity contribution in [2.75, 3.05) is 28.1 Å². The van der Waals surface area contributed by atoms with Crippen molar-refractivity contribution in [2.24, 2.45) is 0 Å². The van der Waals surface area contributed by atoms with Crippen LogP contribution in [-0.4, -0.2) is 38.5 Å². The van der Waals surface area contributed by atoms with Crippen LogP contribution in [-0.2, 0) is 4.79 Å². The van der Waals surface area contributed by atoms with Crippen molar-refractivity contribution in [2.45, 2.75) is 18.1 Å². The number of hydrogen-bond acceptors (Lipinski definition) is 5. The van der Waals surface area contributed by atoms with E-state index in [0.29, 0.717) is 0 Å². The number of hydrogen-bond donors (Lipinski definition) is 0. The molecule has 0 aromatic heterocycles. The summed E-state index contributed by atoms with van der Waals surface area (Å²) in [6.45, 7) is 3.45. The third kappa shape index (κ3) is 7.20. The van der Waals surface area contributed by atoms with Gasteiger partial charge in [0.1, 0.15) is 0 Å². The van der Waals surface area contributed by atoms with Crippen LogP contribution in [0.3, 0.4) is 0 Å². The zero-order valence-electron chi connectivity index (χ0n) is 9.35. The predicted octanol–water partition coefficient (Wildman–Crippen LogP) is 3.75. The molecular weight excluding hydrogens is 276 g/mol. The summed E-state index contributed by atoms with van der Waals surface area (Å²) >= 11 is 7.52. The first-order valence-corrected chi connectivity index (χ1v) is 9.73. The highest BCUT2D eigenvalue weighted by Crippen LogP contribution is 2.32. The first kappa shape index (κ1) is 14.9. The van der Waals surface area contributed by atoms with Crippen molar-refractivity contribution in [3.05, 3.63) is 12.7 Å². The zero-order valence-corrected chi connectivity index (χ0v) is 12.6. The normalized spacial score (nSPS) is 19.9. The highest BCUT2D eigenvalue weighted by Gasteiger charge is 2.14. The minimum Gasteiger partial charge on any atom is -0.282 e. The molecule has 0 aromatic rings. The van der Waals surface area contributed by atoms with Crippen LogP contribution in [0.2, 0.25) is 0 Å². The molecule has 0 amide bonds. The summed E-state index contributed by atoms with van der Waals surface area (Å²) in [4.78, 5) is 10.9. The second-order valence-electron chi connectivity index (χ2n) is 3.40. The zero-order chi connectivity index (χ0) is 11.6. The Kier molecular flexibility index (Phi) is 9.11. The molecule has 16 heavy (non-hydrogen) atoms. The quantitative estimate of drug-likeness (QED) is 0.499. The lowest BCUT2D eigenvalue weighted by Gasteiger charge is -2.06. The predicted molar refractivity (Wildman–Crippen MR) is 82.9 cm³/mol. The van der Waals surface area contributed by atoms with Gasteiger partial charge in [-0.3, -0.25) is 4.79 Å². The molecule has 1 rings (SSSR count). The summed E-state index contributed by atoms with van der Waals surface area (Å²) in [5.41, 5.74) is 0. The first-order chi connectivity index (χ1) is 7.83. The fourth-order valence-electron chi connectivity index (χ4n) is 1.31. The van der Waals surface area contributed by atoms with Gasteiger partial charge >= 0.3 is 0 Å². The third-order valence-electron chi connectivity index (χ3n) is 2.14. The van der Waals surface area contributed by atoms with Crippen molar-refractivity contribution in [1.82, 2.24) is 0 Å². The molecule has 0 radical (unpaired) electrons. The minimum absolute atomic E-state index is 0.0972. The van der Waals surface area contributed by atoms with Gasteiger partial charge in [0, 0.05) is 27.6 Å². The molecule has 1 atom stereocenters. The molecule has 92 valence electrons. The SMILES string of the molecule is C=CC(=O)SCCSCCCC1CSCS1. The van der Waals surface area contributed by atoms with Crippen molar-refractivity contribution < 1.29 is 4.79 Å². The van der Waals surface area contributed by atoms with E-state index in [1.165, 1.54) is 47.3 Å². The van der Waals surface area contributed by atoms with E-state index in [0.717, 1.165) is 16.8 Å². The lowest BCUT2D eigenvalue weighted by Crippen LogP contribution is -2.01. The van der Waals surface area contributed by atoms with Crippen LogP contribution in [0.1, 0.15) is 12.8 Å². The molecule has 1 fully saturated rings. The summed E-state index contributed by atoms with van der Waals surface area (Å²) in [6, 6.07) is 0. The monoisotopic (exact) mass is 294 g/mol. The molecule has 1 saturated heterocycles. The van der Waals surface area contributed by atoms with E-state index < -0.39 is 0 Å². The minimum atomic E-state index is 0.0972. The fraction of sp³-hybridized carbons (Fsp3) is 0.727. The molecule has 1 aliphatic rings. The molecular formula is C11H18OS4. The third-order valence-corrected chi connectivity index (χ3v) is 7.27. The summed E-state index contributed by atoms with van der Waals surface area (Å²) in [7, 11) is 0. The summed E-state index contributed by atoms with van der Waals surface area (Å²) in [6.07, 6.45) is 4.08. The Morgan fingerprint density at radius 2 is 2.31 bits per heavy atom. The lowest BCUT2D eigenvalue weighted by atomic mass is 10.3. The maximum atomic E-state index is 10.9. The molecule has 1 heterocycles. The van der Waals surface area contributed by atoms with E-state index in [2.05, 4.69) is 30.1 Å². The van der Waals surface area contributed by atoms with Crippen LogP contribution in [0.4, 0.5) is 0 Å². The molecule has 1 unspecified atom stereocenters. The van der Waals surface area contributed by atoms with E-state index in [1.807, 2.05) is 11.8 Å². The number of thioether (sulfide) groups is 4. The highest BCUT2D eigenvalue weighted by molar-refractivity contribution is 8.19. The number of rotatable bonds is 8. The van der Waals surface area contributed by atoms with E-state index >= 15 is 0 Å². The van der Waals surface area contributed by atoms with Crippen LogP contribution < -0.4 is 0 Å². The van der Waals surface area contributed by atoms with Gasteiger partial charge in [-0.15, -0.1) is 23.5 Å². The Bertz CT molecular complexity index is 214. The molecule has 0 aliphatic carbocycles. The van der Waals surface area contributed by atoms with Crippen LogP contribution in [0.5, 0.6) is 0 Å². The summed E-state index contributed by atoms with van der Waals surface area (Å²) in [5.74, 6) is 4.59. The molecule has 0 saturated carbocycles. The average Bonchev–Trinajstić information content (AvgIpc) is 2.80. The van der Waals surface area contributed by atoms with Gasteiger partial charge in [0.05, 0.1) is 0 Å². The molecule has 5 heteroatoms. The average molecular weight is 295 g/mol. The molecule has 1 nitrogen and oxygen atoms in total. The molecule has 0 bridgehead atoms. The topological polar surface area (TPSA) is 17.1 Å². The lowest BCUT2D eigenvalue weighted by molar-refractivity contribution is -0.107. The van der Waals surface area contributed by atoms with Gasteiger partial charge in [0.25, 0.3) is 0 Å². The standard InChI is InChI=1S/C11H18OS4/c1-2-11(12)15-7-6-13-5-3-4-10-8-14-9-16-10/h2,10H,1,3-9H2. The van der Waals surface area contributed by atoms with Gasteiger partial charge in [-0.2, -0.15) is 11.8 Å². The van der Waals surface area contributed by atoms with Crippen molar-refractivity contribution >= 4 is 52.2 Å². The molecule has 1 aliphatic heterocycles. The smallest absolute Gasteiger partial charge is 0.211 e. The van der Waals surface area contributed by atoms with E-state index in [1.54, 1.807) is 0 Å².